The number of amides is 1. The number of nitrogens with one attached hydrogen (secondary N) is 3. The number of carbonyl (C=O) groups excluding carboxylic acids is 1. The molecular formula is C21H24ClN7OS. The van der Waals surface area contributed by atoms with Crippen LogP contribution in [0.2, 0.25) is 5.02 Å². The maximum atomic E-state index is 12.3. The van der Waals surface area contributed by atoms with E-state index in [1.807, 2.05) is 18.2 Å². The lowest BCUT2D eigenvalue weighted by molar-refractivity contribution is 0.0828. The Morgan fingerprint density at radius 3 is 2.71 bits per heavy atom. The number of nitrogens with zero attached hydrogens (tertiary/aromatic N) is 4. The van der Waals surface area contributed by atoms with Crippen molar-refractivity contribution in [1.82, 2.24) is 25.2 Å². The lowest BCUT2D eigenvalue weighted by atomic mass is 9.77. The lowest BCUT2D eigenvalue weighted by Crippen LogP contribution is -2.59. The molecule has 1 spiro atoms. The molecule has 2 fully saturated rings. The zero-order valence-corrected chi connectivity index (χ0v) is 18.9. The summed E-state index contributed by atoms with van der Waals surface area (Å²) in [6, 6.07) is 6.26. The fourth-order valence-electron chi connectivity index (χ4n) is 4.51. The molecule has 1 amide bonds. The third-order valence-corrected chi connectivity index (χ3v) is 7.30. The Morgan fingerprint density at radius 2 is 2.03 bits per heavy atom. The fraction of sp³-hybridized carbons (Fsp3) is 0.429. The average molecular weight is 458 g/mol. The highest BCUT2D eigenvalue weighted by Crippen LogP contribution is 2.44. The summed E-state index contributed by atoms with van der Waals surface area (Å²) in [5.74, 6) is 0.606. The molecule has 0 unspecified atom stereocenters. The van der Waals surface area contributed by atoms with E-state index >= 15 is 0 Å². The van der Waals surface area contributed by atoms with Gasteiger partial charge in [-0.15, -0.1) is 0 Å². The van der Waals surface area contributed by atoms with Gasteiger partial charge in [0.05, 0.1) is 27.6 Å². The number of halogens is 1. The molecule has 3 N–H and O–H groups in total. The largest absolute Gasteiger partial charge is 0.358 e. The Labute approximate surface area is 189 Å². The van der Waals surface area contributed by atoms with Gasteiger partial charge in [-0.1, -0.05) is 22.9 Å². The number of fused-ring (bicyclic) bond motifs is 1. The number of carbonyl (C=O) groups is 1. The maximum absolute atomic E-state index is 12.3. The van der Waals surface area contributed by atoms with Crippen molar-refractivity contribution in [3.63, 3.8) is 0 Å². The first-order valence-electron chi connectivity index (χ1n) is 10.3. The molecule has 1 aliphatic carbocycles. The van der Waals surface area contributed by atoms with E-state index in [1.54, 1.807) is 42.7 Å². The number of thiazole rings is 1. The molecular weight excluding hydrogens is 434 g/mol. The van der Waals surface area contributed by atoms with Crippen LogP contribution < -0.4 is 16.0 Å². The van der Waals surface area contributed by atoms with Gasteiger partial charge in [-0.25, -0.2) is 15.0 Å². The van der Waals surface area contributed by atoms with Crippen LogP contribution in [0.15, 0.2) is 30.6 Å². The summed E-state index contributed by atoms with van der Waals surface area (Å²) in [7, 11) is 3.52. The van der Waals surface area contributed by atoms with Gasteiger partial charge in [-0.3, -0.25) is 4.79 Å². The fourth-order valence-corrected chi connectivity index (χ4v) is 5.56. The Morgan fingerprint density at radius 1 is 1.26 bits per heavy atom. The second-order valence-electron chi connectivity index (χ2n) is 8.57. The predicted molar refractivity (Wildman–Crippen MR) is 124 cm³/mol. The van der Waals surface area contributed by atoms with Gasteiger partial charge in [0.1, 0.15) is 0 Å². The van der Waals surface area contributed by atoms with E-state index < -0.39 is 0 Å². The van der Waals surface area contributed by atoms with Crippen LogP contribution in [0.3, 0.4) is 0 Å². The van der Waals surface area contributed by atoms with Crippen molar-refractivity contribution >= 4 is 50.1 Å². The van der Waals surface area contributed by atoms with E-state index in [-0.39, 0.29) is 17.4 Å². The van der Waals surface area contributed by atoms with Crippen LogP contribution in [0.4, 0.5) is 11.1 Å². The first kappa shape index (κ1) is 20.4. The minimum Gasteiger partial charge on any atom is -0.358 e. The van der Waals surface area contributed by atoms with Crippen molar-refractivity contribution in [2.24, 2.45) is 5.41 Å². The van der Waals surface area contributed by atoms with Crippen LogP contribution in [-0.4, -0.2) is 65.0 Å². The molecule has 162 valence electrons. The van der Waals surface area contributed by atoms with Crippen molar-refractivity contribution in [1.29, 1.82) is 0 Å². The minimum atomic E-state index is -0.00145. The van der Waals surface area contributed by atoms with Crippen LogP contribution >= 0.6 is 22.9 Å². The molecule has 5 rings (SSSR count). The van der Waals surface area contributed by atoms with Gasteiger partial charge in [0.2, 0.25) is 5.95 Å². The predicted octanol–water partition coefficient (Wildman–Crippen LogP) is 3.09. The normalized spacial score (nSPS) is 21.8. The first-order valence-corrected chi connectivity index (χ1v) is 11.4. The second kappa shape index (κ2) is 7.89. The van der Waals surface area contributed by atoms with Crippen LogP contribution in [0.1, 0.15) is 23.2 Å². The van der Waals surface area contributed by atoms with Crippen molar-refractivity contribution in [3.05, 3.63) is 41.2 Å². The van der Waals surface area contributed by atoms with Crippen molar-refractivity contribution < 1.29 is 4.79 Å². The lowest BCUT2D eigenvalue weighted by Gasteiger charge is -2.44. The van der Waals surface area contributed by atoms with Gasteiger partial charge in [-0.2, -0.15) is 0 Å². The SMILES string of the molecule is CN(C)C(=O)c1ccc2nc(N[C@@H]3C[C@@H](Nc4ncc(Cl)cn4)CC34CNC4)sc2c1. The third kappa shape index (κ3) is 3.93. The standard InChI is InChI=1S/C21H24ClN7OS/c1-29(2)18(30)12-3-4-15-16(5-12)31-20(27-15)28-17-6-14(7-21(17)10-23-11-21)26-19-24-8-13(22)9-25-19/h3-5,8-9,14,17,23H,6-7,10-11H2,1-2H3,(H,27,28)(H,24,25,26)/t14-,17-/m1/s1. The van der Waals surface area contributed by atoms with E-state index in [2.05, 4.69) is 25.9 Å². The molecule has 10 heteroatoms. The van der Waals surface area contributed by atoms with Crippen LogP contribution in [0.25, 0.3) is 10.2 Å². The molecule has 1 aromatic carbocycles. The van der Waals surface area contributed by atoms with E-state index in [4.69, 9.17) is 16.6 Å². The maximum Gasteiger partial charge on any atom is 0.253 e. The Bertz CT molecular complexity index is 1110. The number of benzene rings is 1. The Kier molecular flexibility index (Phi) is 5.19. The molecule has 2 atom stereocenters. The Balaban J connectivity index is 1.33. The van der Waals surface area contributed by atoms with Crippen molar-refractivity contribution in [3.8, 4) is 0 Å². The van der Waals surface area contributed by atoms with Gasteiger partial charge in [0.25, 0.3) is 5.91 Å². The van der Waals surface area contributed by atoms with Gasteiger partial charge >= 0.3 is 0 Å². The van der Waals surface area contributed by atoms with Gasteiger partial charge in [0, 0.05) is 50.2 Å². The third-order valence-electron chi connectivity index (χ3n) is 6.16. The molecule has 8 nitrogen and oxygen atoms in total. The topological polar surface area (TPSA) is 95.1 Å². The summed E-state index contributed by atoms with van der Waals surface area (Å²) in [5.41, 5.74) is 1.78. The van der Waals surface area contributed by atoms with Gasteiger partial charge in [0.15, 0.2) is 5.13 Å². The molecule has 1 saturated carbocycles. The molecule has 2 aromatic heterocycles. The van der Waals surface area contributed by atoms with Crippen LogP contribution in [-0.2, 0) is 0 Å². The van der Waals surface area contributed by atoms with E-state index in [0.717, 1.165) is 41.3 Å². The van der Waals surface area contributed by atoms with E-state index in [1.165, 1.54) is 0 Å². The van der Waals surface area contributed by atoms with Crippen molar-refractivity contribution in [2.75, 3.05) is 37.8 Å². The quantitative estimate of drug-likeness (QED) is 0.541. The summed E-state index contributed by atoms with van der Waals surface area (Å²) >= 11 is 7.49. The van der Waals surface area contributed by atoms with E-state index in [0.29, 0.717) is 22.6 Å². The summed E-state index contributed by atoms with van der Waals surface area (Å²) in [6.07, 6.45) is 5.21. The average Bonchev–Trinajstić information content (AvgIpc) is 3.29. The van der Waals surface area contributed by atoms with Crippen molar-refractivity contribution in [2.45, 2.75) is 24.9 Å². The molecule has 31 heavy (non-hydrogen) atoms. The number of aromatic nitrogens is 3. The number of hydrogen-bond acceptors (Lipinski definition) is 8. The smallest absolute Gasteiger partial charge is 0.253 e. The number of anilines is 2. The second-order valence-corrected chi connectivity index (χ2v) is 10.0. The zero-order valence-electron chi connectivity index (χ0n) is 17.4. The highest BCUT2D eigenvalue weighted by atomic mass is 35.5. The monoisotopic (exact) mass is 457 g/mol. The zero-order chi connectivity index (χ0) is 21.6. The highest BCUT2D eigenvalue weighted by Gasteiger charge is 2.51. The highest BCUT2D eigenvalue weighted by molar-refractivity contribution is 7.22. The van der Waals surface area contributed by atoms with Crippen LogP contribution in [0, 0.1) is 5.41 Å². The molecule has 3 aromatic rings. The Hall–Kier alpha value is -2.49. The number of rotatable bonds is 5. The molecule has 0 bridgehead atoms. The summed E-state index contributed by atoms with van der Waals surface area (Å²) in [4.78, 5) is 27.2. The van der Waals surface area contributed by atoms with E-state index in [9.17, 15) is 4.79 Å². The summed E-state index contributed by atoms with van der Waals surface area (Å²) < 4.78 is 1.01. The van der Waals surface area contributed by atoms with Gasteiger partial charge in [-0.05, 0) is 31.0 Å². The molecule has 3 heterocycles. The molecule has 0 radical (unpaired) electrons. The number of hydrogen-bond donors (Lipinski definition) is 3. The molecule has 1 aliphatic heterocycles. The summed E-state index contributed by atoms with van der Waals surface area (Å²) in [5, 5.41) is 12.0. The van der Waals surface area contributed by atoms with Gasteiger partial charge < -0.3 is 20.9 Å². The molecule has 2 aliphatic rings. The summed E-state index contributed by atoms with van der Waals surface area (Å²) in [6.45, 7) is 1.97. The first-order chi connectivity index (χ1) is 14.9. The van der Waals surface area contributed by atoms with Crippen LogP contribution in [0.5, 0.6) is 0 Å². The molecule has 1 saturated heterocycles. The minimum absolute atomic E-state index is 0.00145.